The van der Waals surface area contributed by atoms with E-state index in [0.717, 1.165) is 56.2 Å². The molecule has 0 aromatic carbocycles. The van der Waals surface area contributed by atoms with Crippen LogP contribution < -0.4 is 10.2 Å². The highest BCUT2D eigenvalue weighted by atomic mass is 16.5. The summed E-state index contributed by atoms with van der Waals surface area (Å²) in [7, 11) is 1.79. The lowest BCUT2D eigenvalue weighted by Gasteiger charge is -2.32. The molecule has 0 aliphatic carbocycles. The molecule has 0 atom stereocenters. The highest BCUT2D eigenvalue weighted by Crippen LogP contribution is 2.24. The fourth-order valence-corrected chi connectivity index (χ4v) is 2.77. The minimum absolute atomic E-state index is 0.374. The number of hydrogen-bond acceptors (Lipinski definition) is 5. The van der Waals surface area contributed by atoms with Crippen molar-refractivity contribution in [2.75, 3.05) is 37.0 Å². The van der Waals surface area contributed by atoms with E-state index in [4.69, 9.17) is 9.72 Å². The quantitative estimate of drug-likeness (QED) is 0.914. The first-order valence-electron chi connectivity index (χ1n) is 7.67. The van der Waals surface area contributed by atoms with Gasteiger partial charge in [0.25, 0.3) is 0 Å². The summed E-state index contributed by atoms with van der Waals surface area (Å²) in [6, 6.07) is 0. The zero-order chi connectivity index (χ0) is 14.7. The van der Waals surface area contributed by atoms with E-state index in [1.54, 1.807) is 7.11 Å². The van der Waals surface area contributed by atoms with Crippen LogP contribution in [0.25, 0.3) is 5.65 Å². The lowest BCUT2D eigenvalue weighted by Crippen LogP contribution is -2.37. The summed E-state index contributed by atoms with van der Waals surface area (Å²) in [6.07, 6.45) is 9.33. The number of hydrogen-bond donors (Lipinski definition) is 1. The summed E-state index contributed by atoms with van der Waals surface area (Å²) < 4.78 is 7.49. The van der Waals surface area contributed by atoms with Gasteiger partial charge in [0.1, 0.15) is 5.82 Å². The Morgan fingerprint density at radius 2 is 2.19 bits per heavy atom. The van der Waals surface area contributed by atoms with Crippen molar-refractivity contribution in [1.82, 2.24) is 14.4 Å². The topological polar surface area (TPSA) is 54.7 Å². The Hall–Kier alpha value is -1.82. The molecule has 114 valence electrons. The zero-order valence-electron chi connectivity index (χ0n) is 12.7. The Morgan fingerprint density at radius 1 is 1.38 bits per heavy atom. The van der Waals surface area contributed by atoms with Crippen molar-refractivity contribution < 1.29 is 4.74 Å². The molecule has 21 heavy (non-hydrogen) atoms. The number of ether oxygens (including phenoxy) is 1. The predicted octanol–water partition coefficient (Wildman–Crippen LogP) is 2.17. The van der Waals surface area contributed by atoms with Gasteiger partial charge in [-0.1, -0.05) is 6.92 Å². The number of rotatable bonds is 5. The third-order valence-electron chi connectivity index (χ3n) is 3.99. The van der Waals surface area contributed by atoms with Gasteiger partial charge in [-0.05, 0) is 19.3 Å². The lowest BCUT2D eigenvalue weighted by molar-refractivity contribution is 0.0818. The molecule has 1 aliphatic heterocycles. The van der Waals surface area contributed by atoms with Crippen molar-refractivity contribution in [2.24, 2.45) is 0 Å². The van der Waals surface area contributed by atoms with Gasteiger partial charge in [-0.3, -0.25) is 0 Å². The van der Waals surface area contributed by atoms with Crippen LogP contribution in [0.5, 0.6) is 0 Å². The van der Waals surface area contributed by atoms with Gasteiger partial charge in [0, 0.05) is 39.1 Å². The third-order valence-corrected chi connectivity index (χ3v) is 3.99. The first-order valence-corrected chi connectivity index (χ1v) is 7.67. The number of methoxy groups -OCH3 is 1. The summed E-state index contributed by atoms with van der Waals surface area (Å²) in [5.41, 5.74) is 0.924. The van der Waals surface area contributed by atoms with E-state index >= 15 is 0 Å². The van der Waals surface area contributed by atoms with E-state index < -0.39 is 0 Å². The van der Waals surface area contributed by atoms with Crippen LogP contribution in [0.1, 0.15) is 26.2 Å². The van der Waals surface area contributed by atoms with Gasteiger partial charge in [0.05, 0.1) is 12.3 Å². The summed E-state index contributed by atoms with van der Waals surface area (Å²) in [5.74, 6) is 1.88. The fourth-order valence-electron chi connectivity index (χ4n) is 2.77. The third kappa shape index (κ3) is 2.95. The van der Waals surface area contributed by atoms with Crippen LogP contribution in [0.4, 0.5) is 11.6 Å². The first-order chi connectivity index (χ1) is 10.3. The molecule has 3 rings (SSSR count). The maximum Gasteiger partial charge on any atom is 0.180 e. The highest BCUT2D eigenvalue weighted by molar-refractivity contribution is 5.67. The number of aromatic nitrogens is 3. The van der Waals surface area contributed by atoms with E-state index in [9.17, 15) is 0 Å². The molecule has 6 nitrogen and oxygen atoms in total. The van der Waals surface area contributed by atoms with Crippen LogP contribution in [0, 0.1) is 0 Å². The molecule has 1 saturated heterocycles. The number of piperidine rings is 1. The Kier molecular flexibility index (Phi) is 4.24. The average molecular weight is 289 g/mol. The molecule has 2 aromatic heterocycles. The second-order valence-corrected chi connectivity index (χ2v) is 5.46. The largest absolute Gasteiger partial charge is 0.381 e. The molecule has 0 spiro atoms. The van der Waals surface area contributed by atoms with Crippen molar-refractivity contribution in [1.29, 1.82) is 0 Å². The molecule has 1 N–H and O–H groups in total. The fraction of sp³-hybridized carbons (Fsp3) is 0.600. The minimum Gasteiger partial charge on any atom is -0.381 e. The van der Waals surface area contributed by atoms with Crippen molar-refractivity contribution >= 4 is 17.3 Å². The standard InChI is InChI=1S/C15H23N5O/c1-3-6-16-13-11-20-10-7-17-14(20)15(18-13)19-8-4-12(21-2)5-9-19/h7,10-12,16H,3-6,8-9H2,1-2H3. The maximum atomic E-state index is 5.44. The van der Waals surface area contributed by atoms with Crippen molar-refractivity contribution in [3.63, 3.8) is 0 Å². The van der Waals surface area contributed by atoms with E-state index in [-0.39, 0.29) is 0 Å². The van der Waals surface area contributed by atoms with Crippen LogP contribution in [0.15, 0.2) is 18.6 Å². The van der Waals surface area contributed by atoms with E-state index in [1.807, 2.05) is 23.0 Å². The lowest BCUT2D eigenvalue weighted by atomic mass is 10.1. The van der Waals surface area contributed by atoms with Crippen molar-refractivity contribution in [3.05, 3.63) is 18.6 Å². The van der Waals surface area contributed by atoms with Gasteiger partial charge in [-0.15, -0.1) is 0 Å². The molecular weight excluding hydrogens is 266 g/mol. The molecule has 0 saturated carbocycles. The van der Waals surface area contributed by atoms with E-state index in [1.165, 1.54) is 0 Å². The van der Waals surface area contributed by atoms with Crippen molar-refractivity contribution in [3.8, 4) is 0 Å². The molecular formula is C15H23N5O. The van der Waals surface area contributed by atoms with Gasteiger partial charge in [0.2, 0.25) is 0 Å². The molecule has 6 heteroatoms. The van der Waals surface area contributed by atoms with Gasteiger partial charge in [-0.2, -0.15) is 0 Å². The number of fused-ring (bicyclic) bond motifs is 1. The molecule has 3 heterocycles. The normalized spacial score (nSPS) is 16.6. The molecule has 0 radical (unpaired) electrons. The van der Waals surface area contributed by atoms with Crippen LogP contribution >= 0.6 is 0 Å². The second kappa shape index (κ2) is 6.30. The van der Waals surface area contributed by atoms with Gasteiger partial charge in [-0.25, -0.2) is 9.97 Å². The average Bonchev–Trinajstić information content (AvgIpc) is 3.00. The second-order valence-electron chi connectivity index (χ2n) is 5.46. The Balaban J connectivity index is 1.87. The molecule has 1 fully saturated rings. The minimum atomic E-state index is 0.374. The van der Waals surface area contributed by atoms with Crippen LogP contribution in [-0.2, 0) is 4.74 Å². The smallest absolute Gasteiger partial charge is 0.180 e. The molecule has 0 amide bonds. The van der Waals surface area contributed by atoms with Gasteiger partial charge in [0.15, 0.2) is 11.5 Å². The van der Waals surface area contributed by atoms with Gasteiger partial charge < -0.3 is 19.4 Å². The molecule has 0 bridgehead atoms. The van der Waals surface area contributed by atoms with E-state index in [0.29, 0.717) is 6.10 Å². The van der Waals surface area contributed by atoms with Crippen LogP contribution in [-0.4, -0.2) is 47.2 Å². The SMILES string of the molecule is CCCNc1cn2ccnc2c(N2CCC(OC)CC2)n1. The Bertz CT molecular complexity index is 589. The van der Waals surface area contributed by atoms with E-state index in [2.05, 4.69) is 22.1 Å². The summed E-state index contributed by atoms with van der Waals surface area (Å²) >= 11 is 0. The Morgan fingerprint density at radius 3 is 2.90 bits per heavy atom. The Labute approximate surface area is 125 Å². The van der Waals surface area contributed by atoms with Gasteiger partial charge >= 0.3 is 0 Å². The molecule has 1 aliphatic rings. The zero-order valence-corrected chi connectivity index (χ0v) is 12.7. The van der Waals surface area contributed by atoms with Crippen LogP contribution in [0.2, 0.25) is 0 Å². The molecule has 0 unspecified atom stereocenters. The number of imidazole rings is 1. The summed E-state index contributed by atoms with van der Waals surface area (Å²) in [6.45, 7) is 5.01. The predicted molar refractivity (Wildman–Crippen MR) is 84.0 cm³/mol. The number of nitrogens with one attached hydrogen (secondary N) is 1. The highest BCUT2D eigenvalue weighted by Gasteiger charge is 2.22. The summed E-state index contributed by atoms with van der Waals surface area (Å²) in [4.78, 5) is 11.5. The number of anilines is 2. The van der Waals surface area contributed by atoms with Crippen LogP contribution in [0.3, 0.4) is 0 Å². The first kappa shape index (κ1) is 14.1. The summed E-state index contributed by atoms with van der Waals surface area (Å²) in [5, 5.41) is 3.36. The maximum absolute atomic E-state index is 5.44. The number of nitrogens with zero attached hydrogens (tertiary/aromatic N) is 4. The molecule has 2 aromatic rings. The monoisotopic (exact) mass is 289 g/mol. The van der Waals surface area contributed by atoms with Crippen molar-refractivity contribution in [2.45, 2.75) is 32.3 Å².